The van der Waals surface area contributed by atoms with Crippen LogP contribution in [0.25, 0.3) is 0 Å². The normalized spacial score (nSPS) is 27.8. The molecule has 0 aliphatic carbocycles. The van der Waals surface area contributed by atoms with Gasteiger partial charge < -0.3 is 9.80 Å². The average Bonchev–Trinajstić information content (AvgIpc) is 2.37. The van der Waals surface area contributed by atoms with Crippen molar-refractivity contribution < 1.29 is 0 Å². The van der Waals surface area contributed by atoms with Crippen LogP contribution >= 0.6 is 0 Å². The highest BCUT2D eigenvalue weighted by atomic mass is 15.1. The van der Waals surface area contributed by atoms with E-state index in [1.54, 1.807) is 0 Å². The first-order valence-corrected chi connectivity index (χ1v) is 9.73. The van der Waals surface area contributed by atoms with Crippen molar-refractivity contribution in [1.29, 1.82) is 0 Å². The Labute approximate surface area is 140 Å². The van der Waals surface area contributed by atoms with Gasteiger partial charge in [0, 0.05) is 13.1 Å². The van der Waals surface area contributed by atoms with E-state index in [1.165, 1.54) is 64.7 Å². The Morgan fingerprint density at radius 2 is 1.09 bits per heavy atom. The molecular weight excluding hydrogens is 268 g/mol. The molecule has 0 saturated carbocycles. The number of likely N-dealkylation sites (tertiary alicyclic amines) is 2. The molecule has 22 heavy (non-hydrogen) atoms. The molecule has 2 unspecified atom stereocenters. The highest BCUT2D eigenvalue weighted by Crippen LogP contribution is 2.22. The molecule has 2 fully saturated rings. The number of hydrogen-bond donors (Lipinski definition) is 0. The van der Waals surface area contributed by atoms with Crippen LogP contribution in [0.1, 0.15) is 66.2 Å². The highest BCUT2D eigenvalue weighted by Gasteiger charge is 2.18. The van der Waals surface area contributed by atoms with Gasteiger partial charge in [-0.25, -0.2) is 0 Å². The summed E-state index contributed by atoms with van der Waals surface area (Å²) in [5.74, 6) is 3.72. The Kier molecular flexibility index (Phi) is 9.66. The second-order valence-electron chi connectivity index (χ2n) is 8.80. The molecule has 0 spiro atoms. The lowest BCUT2D eigenvalue weighted by atomic mass is 9.90. The summed E-state index contributed by atoms with van der Waals surface area (Å²) in [5, 5.41) is 0. The molecule has 0 aromatic rings. The SMILES string of the molecule is CC(C)CC1CCCN(C)C1.CC(C)CC1CCCN(C)C1. The summed E-state index contributed by atoms with van der Waals surface area (Å²) in [7, 11) is 4.49. The van der Waals surface area contributed by atoms with Crippen LogP contribution in [-0.4, -0.2) is 50.1 Å². The van der Waals surface area contributed by atoms with E-state index in [0.717, 1.165) is 23.7 Å². The van der Waals surface area contributed by atoms with Gasteiger partial charge in [-0.15, -0.1) is 0 Å². The summed E-state index contributed by atoms with van der Waals surface area (Å²) in [6, 6.07) is 0. The van der Waals surface area contributed by atoms with Crippen LogP contribution in [0.15, 0.2) is 0 Å². The third-order valence-corrected chi connectivity index (χ3v) is 5.05. The van der Waals surface area contributed by atoms with Crippen molar-refractivity contribution in [1.82, 2.24) is 9.80 Å². The molecule has 2 aliphatic heterocycles. The van der Waals surface area contributed by atoms with Gasteiger partial charge in [-0.1, -0.05) is 27.7 Å². The molecule has 0 aromatic carbocycles. The van der Waals surface area contributed by atoms with Crippen LogP contribution in [0.4, 0.5) is 0 Å². The van der Waals surface area contributed by atoms with Crippen molar-refractivity contribution in [2.75, 3.05) is 40.3 Å². The van der Waals surface area contributed by atoms with Gasteiger partial charge in [0.25, 0.3) is 0 Å². The zero-order valence-corrected chi connectivity index (χ0v) is 16.3. The van der Waals surface area contributed by atoms with Gasteiger partial charge in [0.1, 0.15) is 0 Å². The van der Waals surface area contributed by atoms with Crippen LogP contribution < -0.4 is 0 Å². The Morgan fingerprint density at radius 3 is 1.36 bits per heavy atom. The van der Waals surface area contributed by atoms with E-state index >= 15 is 0 Å². The van der Waals surface area contributed by atoms with Gasteiger partial charge in [0.05, 0.1) is 0 Å². The Hall–Kier alpha value is -0.0800. The second-order valence-corrected chi connectivity index (χ2v) is 8.80. The van der Waals surface area contributed by atoms with Crippen molar-refractivity contribution in [3.63, 3.8) is 0 Å². The van der Waals surface area contributed by atoms with Crippen molar-refractivity contribution in [2.24, 2.45) is 23.7 Å². The first-order valence-electron chi connectivity index (χ1n) is 9.73. The molecule has 0 amide bonds. The number of hydrogen-bond acceptors (Lipinski definition) is 2. The van der Waals surface area contributed by atoms with Crippen molar-refractivity contribution in [2.45, 2.75) is 66.2 Å². The molecule has 0 bridgehead atoms. The van der Waals surface area contributed by atoms with E-state index in [2.05, 4.69) is 51.6 Å². The molecule has 2 heteroatoms. The Morgan fingerprint density at radius 1 is 0.727 bits per heavy atom. The van der Waals surface area contributed by atoms with Crippen molar-refractivity contribution in [3.05, 3.63) is 0 Å². The fourth-order valence-corrected chi connectivity index (χ4v) is 4.26. The monoisotopic (exact) mass is 310 g/mol. The van der Waals surface area contributed by atoms with E-state index in [4.69, 9.17) is 0 Å². The number of rotatable bonds is 4. The molecule has 2 aliphatic rings. The molecule has 2 saturated heterocycles. The molecule has 2 rings (SSSR count). The topological polar surface area (TPSA) is 6.48 Å². The van der Waals surface area contributed by atoms with Gasteiger partial charge in [-0.3, -0.25) is 0 Å². The lowest BCUT2D eigenvalue weighted by Crippen LogP contribution is -2.32. The summed E-state index contributed by atoms with van der Waals surface area (Å²) in [4.78, 5) is 4.94. The maximum absolute atomic E-state index is 2.47. The van der Waals surface area contributed by atoms with E-state index in [-0.39, 0.29) is 0 Å². The lowest BCUT2D eigenvalue weighted by Gasteiger charge is -2.30. The third-order valence-electron chi connectivity index (χ3n) is 5.05. The first-order chi connectivity index (χ1) is 10.4. The maximum atomic E-state index is 2.47. The third kappa shape index (κ3) is 9.15. The Balaban J connectivity index is 0.000000220. The van der Waals surface area contributed by atoms with Crippen LogP contribution in [0, 0.1) is 23.7 Å². The minimum absolute atomic E-state index is 0.881. The van der Waals surface area contributed by atoms with E-state index in [9.17, 15) is 0 Å². The summed E-state index contributed by atoms with van der Waals surface area (Å²) in [5.41, 5.74) is 0. The first kappa shape index (κ1) is 20.0. The van der Waals surface area contributed by atoms with Gasteiger partial charge in [0.15, 0.2) is 0 Å². The molecular formula is C20H42N2. The molecule has 0 N–H and O–H groups in total. The minimum Gasteiger partial charge on any atom is -0.306 e. The summed E-state index contributed by atoms with van der Waals surface area (Å²) in [6.45, 7) is 14.6. The summed E-state index contributed by atoms with van der Waals surface area (Å²) >= 11 is 0. The molecule has 0 aromatic heterocycles. The minimum atomic E-state index is 0.881. The van der Waals surface area contributed by atoms with Gasteiger partial charge in [-0.05, 0) is 89.4 Å². The predicted octanol–water partition coefficient (Wildman–Crippen LogP) is 4.75. The lowest BCUT2D eigenvalue weighted by molar-refractivity contribution is 0.190. The predicted molar refractivity (Wildman–Crippen MR) is 99.4 cm³/mol. The largest absolute Gasteiger partial charge is 0.306 e. The quantitative estimate of drug-likeness (QED) is 0.739. The van der Waals surface area contributed by atoms with Crippen LogP contribution in [0.3, 0.4) is 0 Å². The van der Waals surface area contributed by atoms with Gasteiger partial charge >= 0.3 is 0 Å². The van der Waals surface area contributed by atoms with Gasteiger partial charge in [0.2, 0.25) is 0 Å². The maximum Gasteiger partial charge on any atom is 0.000671 e. The molecule has 0 radical (unpaired) electrons. The van der Waals surface area contributed by atoms with Crippen LogP contribution in [0.2, 0.25) is 0 Å². The second kappa shape index (κ2) is 10.6. The van der Waals surface area contributed by atoms with Gasteiger partial charge in [-0.2, -0.15) is 0 Å². The molecule has 2 heterocycles. The average molecular weight is 311 g/mol. The summed E-state index contributed by atoms with van der Waals surface area (Å²) < 4.78 is 0. The number of nitrogens with zero attached hydrogens (tertiary/aromatic N) is 2. The fraction of sp³-hybridized carbons (Fsp3) is 1.00. The fourth-order valence-electron chi connectivity index (χ4n) is 4.26. The van der Waals surface area contributed by atoms with E-state index in [1.807, 2.05) is 0 Å². The highest BCUT2D eigenvalue weighted by molar-refractivity contribution is 4.72. The van der Waals surface area contributed by atoms with Crippen molar-refractivity contribution >= 4 is 0 Å². The number of piperidine rings is 2. The molecule has 132 valence electrons. The van der Waals surface area contributed by atoms with Crippen molar-refractivity contribution in [3.8, 4) is 0 Å². The Bertz CT molecular complexity index is 243. The standard InChI is InChI=1S/2C10H21N/c2*1-9(2)7-10-5-4-6-11(3)8-10/h2*9-10H,4-8H2,1-3H3. The summed E-state index contributed by atoms with van der Waals surface area (Å²) in [6.07, 6.45) is 8.58. The van der Waals surface area contributed by atoms with E-state index < -0.39 is 0 Å². The zero-order valence-electron chi connectivity index (χ0n) is 16.3. The smallest absolute Gasteiger partial charge is 0.000671 e. The zero-order chi connectivity index (χ0) is 16.5. The van der Waals surface area contributed by atoms with Crippen LogP contribution in [0.5, 0.6) is 0 Å². The molecule has 2 nitrogen and oxygen atoms in total. The van der Waals surface area contributed by atoms with Crippen LogP contribution in [-0.2, 0) is 0 Å². The molecule has 2 atom stereocenters. The van der Waals surface area contributed by atoms with E-state index in [0.29, 0.717) is 0 Å².